The molecule has 0 atom stereocenters. The first-order chi connectivity index (χ1) is 5.18. The van der Waals surface area contributed by atoms with Crippen LogP contribution in [-0.2, 0) is 4.79 Å². The molecule has 58 valence electrons. The number of esters is 1. The van der Waals surface area contributed by atoms with Gasteiger partial charge in [-0.2, -0.15) is 0 Å². The van der Waals surface area contributed by atoms with Crippen LogP contribution in [0.4, 0.5) is 0 Å². The molecule has 0 amide bonds. The van der Waals surface area contributed by atoms with E-state index in [1.54, 1.807) is 12.3 Å². The molecule has 0 aromatic carbocycles. The molecule has 0 saturated heterocycles. The van der Waals surface area contributed by atoms with E-state index < -0.39 is 0 Å². The Labute approximate surface area is 65.0 Å². The van der Waals surface area contributed by atoms with Crippen molar-refractivity contribution in [1.29, 1.82) is 0 Å². The smallest absolute Gasteiger partial charge is 0.309 e. The molecule has 11 heavy (non-hydrogen) atoms. The Morgan fingerprint density at radius 3 is 2.73 bits per heavy atom. The average molecular weight is 151 g/mol. The number of carbonyl (C=O) groups excluding carboxylic acids is 1. The van der Waals surface area contributed by atoms with Gasteiger partial charge in [0.2, 0.25) is 5.88 Å². The maximum atomic E-state index is 10.4. The molecule has 0 radical (unpaired) electrons. The first kappa shape index (κ1) is 7.72. The normalized spacial score (nSPS) is 9.27. The number of aryl methyl sites for hydroxylation is 1. The van der Waals surface area contributed by atoms with Gasteiger partial charge in [0, 0.05) is 19.2 Å². The van der Waals surface area contributed by atoms with Crippen LogP contribution in [0.1, 0.15) is 12.5 Å². The van der Waals surface area contributed by atoms with Gasteiger partial charge in [-0.1, -0.05) is 6.07 Å². The Kier molecular flexibility index (Phi) is 2.21. The van der Waals surface area contributed by atoms with Crippen molar-refractivity contribution in [3.05, 3.63) is 23.9 Å². The van der Waals surface area contributed by atoms with Crippen LogP contribution < -0.4 is 4.74 Å². The zero-order valence-corrected chi connectivity index (χ0v) is 6.50. The molecule has 1 rings (SSSR count). The Bertz CT molecular complexity index is 253. The highest BCUT2D eigenvalue weighted by Crippen LogP contribution is 2.05. The van der Waals surface area contributed by atoms with E-state index >= 15 is 0 Å². The Hall–Kier alpha value is -1.38. The standard InChI is InChI=1S/C8H9NO2/c1-6-3-4-8(9-5-6)11-7(2)10/h3-5H,1-2H3. The molecule has 0 fully saturated rings. The minimum absolute atomic E-state index is 0.346. The van der Waals surface area contributed by atoms with Gasteiger partial charge in [-0.3, -0.25) is 4.79 Å². The van der Waals surface area contributed by atoms with Crippen LogP contribution in [0.5, 0.6) is 5.88 Å². The lowest BCUT2D eigenvalue weighted by Crippen LogP contribution is -2.02. The van der Waals surface area contributed by atoms with E-state index in [-0.39, 0.29) is 5.97 Å². The first-order valence-corrected chi connectivity index (χ1v) is 3.29. The Morgan fingerprint density at radius 2 is 2.27 bits per heavy atom. The van der Waals surface area contributed by atoms with Gasteiger partial charge in [0.15, 0.2) is 0 Å². The van der Waals surface area contributed by atoms with Gasteiger partial charge in [0.05, 0.1) is 0 Å². The van der Waals surface area contributed by atoms with Gasteiger partial charge in [0.1, 0.15) is 0 Å². The number of nitrogens with zero attached hydrogens (tertiary/aromatic N) is 1. The summed E-state index contributed by atoms with van der Waals surface area (Å²) in [6, 6.07) is 3.50. The summed E-state index contributed by atoms with van der Waals surface area (Å²) in [5, 5.41) is 0. The number of ether oxygens (including phenoxy) is 1. The van der Waals surface area contributed by atoms with Crippen LogP contribution >= 0.6 is 0 Å². The predicted molar refractivity (Wildman–Crippen MR) is 40.3 cm³/mol. The van der Waals surface area contributed by atoms with E-state index in [0.717, 1.165) is 5.56 Å². The van der Waals surface area contributed by atoms with Gasteiger partial charge in [-0.15, -0.1) is 0 Å². The van der Waals surface area contributed by atoms with Crippen LogP contribution in [-0.4, -0.2) is 11.0 Å². The number of carbonyl (C=O) groups is 1. The third-order valence-corrected chi connectivity index (χ3v) is 1.13. The van der Waals surface area contributed by atoms with Crippen molar-refractivity contribution in [3.63, 3.8) is 0 Å². The van der Waals surface area contributed by atoms with Crippen molar-refractivity contribution < 1.29 is 9.53 Å². The van der Waals surface area contributed by atoms with E-state index in [2.05, 4.69) is 4.98 Å². The molecule has 3 nitrogen and oxygen atoms in total. The number of hydrogen-bond acceptors (Lipinski definition) is 3. The summed E-state index contributed by atoms with van der Waals surface area (Å²) in [7, 11) is 0. The summed E-state index contributed by atoms with van der Waals surface area (Å²) in [6.45, 7) is 3.27. The Morgan fingerprint density at radius 1 is 1.55 bits per heavy atom. The van der Waals surface area contributed by atoms with Crippen LogP contribution in [0.15, 0.2) is 18.3 Å². The number of aromatic nitrogens is 1. The molecular weight excluding hydrogens is 142 g/mol. The van der Waals surface area contributed by atoms with Crippen molar-refractivity contribution in [2.75, 3.05) is 0 Å². The van der Waals surface area contributed by atoms with Crippen molar-refractivity contribution >= 4 is 5.97 Å². The van der Waals surface area contributed by atoms with Gasteiger partial charge in [0.25, 0.3) is 0 Å². The molecular formula is C8H9NO2. The summed E-state index contributed by atoms with van der Waals surface area (Å²) in [4.78, 5) is 14.3. The zero-order chi connectivity index (χ0) is 8.27. The molecule has 1 aromatic rings. The van der Waals surface area contributed by atoms with E-state index in [9.17, 15) is 4.79 Å². The van der Waals surface area contributed by atoms with Crippen LogP contribution in [0.2, 0.25) is 0 Å². The quantitative estimate of drug-likeness (QED) is 0.568. The molecule has 0 aliphatic rings. The Balaban J connectivity index is 2.74. The highest BCUT2D eigenvalue weighted by atomic mass is 16.5. The van der Waals surface area contributed by atoms with E-state index in [0.29, 0.717) is 5.88 Å². The highest BCUT2D eigenvalue weighted by Gasteiger charge is 1.96. The maximum absolute atomic E-state index is 10.4. The lowest BCUT2D eigenvalue weighted by atomic mass is 10.3. The number of pyridine rings is 1. The molecule has 1 aromatic heterocycles. The molecule has 0 aliphatic carbocycles. The predicted octanol–water partition coefficient (Wildman–Crippen LogP) is 1.32. The summed E-state index contributed by atoms with van der Waals surface area (Å²) in [6.07, 6.45) is 1.65. The lowest BCUT2D eigenvalue weighted by Gasteiger charge is -1.98. The minimum Gasteiger partial charge on any atom is -0.408 e. The van der Waals surface area contributed by atoms with Gasteiger partial charge < -0.3 is 4.74 Å². The topological polar surface area (TPSA) is 39.2 Å². The highest BCUT2D eigenvalue weighted by molar-refractivity contribution is 5.68. The van der Waals surface area contributed by atoms with E-state index in [1.165, 1.54) is 6.92 Å². The monoisotopic (exact) mass is 151 g/mol. The lowest BCUT2D eigenvalue weighted by molar-refractivity contribution is -0.132. The second-order valence-corrected chi connectivity index (χ2v) is 2.27. The van der Waals surface area contributed by atoms with Crippen molar-refractivity contribution in [3.8, 4) is 5.88 Å². The molecule has 1 heterocycles. The fourth-order valence-electron chi connectivity index (χ4n) is 0.662. The van der Waals surface area contributed by atoms with Crippen LogP contribution in [0.25, 0.3) is 0 Å². The molecule has 0 spiro atoms. The molecule has 3 heteroatoms. The number of rotatable bonds is 1. The summed E-state index contributed by atoms with van der Waals surface area (Å²) >= 11 is 0. The SMILES string of the molecule is CC(=O)Oc1ccc(C)cn1. The largest absolute Gasteiger partial charge is 0.408 e. The van der Waals surface area contributed by atoms with Crippen molar-refractivity contribution in [1.82, 2.24) is 4.98 Å². The van der Waals surface area contributed by atoms with Crippen LogP contribution in [0.3, 0.4) is 0 Å². The van der Waals surface area contributed by atoms with Crippen LogP contribution in [0, 0.1) is 6.92 Å². The maximum Gasteiger partial charge on any atom is 0.309 e. The molecule has 0 unspecified atom stereocenters. The van der Waals surface area contributed by atoms with Crippen molar-refractivity contribution in [2.24, 2.45) is 0 Å². The van der Waals surface area contributed by atoms with E-state index in [4.69, 9.17) is 4.74 Å². The summed E-state index contributed by atoms with van der Waals surface area (Å²) in [5.74, 6) is 0.00412. The number of hydrogen-bond donors (Lipinski definition) is 0. The third kappa shape index (κ3) is 2.37. The third-order valence-electron chi connectivity index (χ3n) is 1.13. The summed E-state index contributed by atoms with van der Waals surface area (Å²) in [5.41, 5.74) is 1.04. The summed E-state index contributed by atoms with van der Waals surface area (Å²) < 4.78 is 4.72. The second-order valence-electron chi connectivity index (χ2n) is 2.27. The first-order valence-electron chi connectivity index (χ1n) is 3.29. The van der Waals surface area contributed by atoms with Gasteiger partial charge in [-0.05, 0) is 12.5 Å². The van der Waals surface area contributed by atoms with Crippen molar-refractivity contribution in [2.45, 2.75) is 13.8 Å². The molecule has 0 bridgehead atoms. The fourth-order valence-corrected chi connectivity index (χ4v) is 0.662. The minimum atomic E-state index is -0.346. The fraction of sp³-hybridized carbons (Fsp3) is 0.250. The zero-order valence-electron chi connectivity index (χ0n) is 6.50. The van der Waals surface area contributed by atoms with E-state index in [1.807, 2.05) is 13.0 Å². The van der Waals surface area contributed by atoms with Gasteiger partial charge in [-0.25, -0.2) is 4.98 Å². The van der Waals surface area contributed by atoms with Gasteiger partial charge >= 0.3 is 5.97 Å². The molecule has 0 aliphatic heterocycles. The molecule has 0 N–H and O–H groups in total. The average Bonchev–Trinajstić information content (AvgIpc) is 1.93. The second kappa shape index (κ2) is 3.14. The molecule has 0 saturated carbocycles.